The molecule has 2 aromatic carbocycles. The summed E-state index contributed by atoms with van der Waals surface area (Å²) in [5.74, 6) is 0.172. The van der Waals surface area contributed by atoms with Crippen LogP contribution < -0.4 is 5.32 Å². The monoisotopic (exact) mass is 360 g/mol. The SMILES string of the molecule is O=C(Nc1ccc([N+](=O)[O-])cc1Br)C1CC1c1ccccc1. The van der Waals surface area contributed by atoms with Crippen molar-refractivity contribution >= 4 is 33.2 Å². The highest BCUT2D eigenvalue weighted by atomic mass is 79.9. The first-order chi connectivity index (χ1) is 10.6. The molecule has 1 aliphatic rings. The normalized spacial score (nSPS) is 19.5. The lowest BCUT2D eigenvalue weighted by molar-refractivity contribution is -0.384. The fourth-order valence-corrected chi connectivity index (χ4v) is 2.96. The maximum absolute atomic E-state index is 12.3. The van der Waals surface area contributed by atoms with Crippen LogP contribution in [0.4, 0.5) is 11.4 Å². The van der Waals surface area contributed by atoms with Gasteiger partial charge < -0.3 is 5.32 Å². The summed E-state index contributed by atoms with van der Waals surface area (Å²) >= 11 is 3.25. The summed E-state index contributed by atoms with van der Waals surface area (Å²) in [5, 5.41) is 13.5. The van der Waals surface area contributed by atoms with Gasteiger partial charge in [0.25, 0.3) is 5.69 Å². The molecular weight excluding hydrogens is 348 g/mol. The molecule has 2 unspecified atom stereocenters. The second-order valence-corrected chi connectivity index (χ2v) is 6.12. The molecule has 0 heterocycles. The van der Waals surface area contributed by atoms with Crippen molar-refractivity contribution in [1.82, 2.24) is 0 Å². The molecule has 1 amide bonds. The van der Waals surface area contributed by atoms with E-state index < -0.39 is 4.92 Å². The number of nitrogens with one attached hydrogen (secondary N) is 1. The molecule has 0 aromatic heterocycles. The van der Waals surface area contributed by atoms with E-state index >= 15 is 0 Å². The zero-order valence-corrected chi connectivity index (χ0v) is 13.1. The van der Waals surface area contributed by atoms with E-state index in [2.05, 4.69) is 21.2 Å². The molecule has 0 spiro atoms. The fraction of sp³-hybridized carbons (Fsp3) is 0.188. The van der Waals surface area contributed by atoms with Crippen LogP contribution in [0.5, 0.6) is 0 Å². The van der Waals surface area contributed by atoms with Crippen LogP contribution in [0.15, 0.2) is 53.0 Å². The number of halogens is 1. The lowest BCUT2D eigenvalue weighted by Gasteiger charge is -2.07. The summed E-state index contributed by atoms with van der Waals surface area (Å²) in [5.41, 5.74) is 1.71. The Morgan fingerprint density at radius 3 is 2.59 bits per heavy atom. The van der Waals surface area contributed by atoms with Crippen molar-refractivity contribution < 1.29 is 9.72 Å². The van der Waals surface area contributed by atoms with Crippen LogP contribution in [0.25, 0.3) is 0 Å². The molecule has 0 bridgehead atoms. The number of nitro benzene ring substituents is 1. The summed E-state index contributed by atoms with van der Waals surface area (Å²) in [6, 6.07) is 14.2. The van der Waals surface area contributed by atoms with Gasteiger partial charge in [-0.15, -0.1) is 0 Å². The van der Waals surface area contributed by atoms with Crippen molar-refractivity contribution in [1.29, 1.82) is 0 Å². The molecule has 112 valence electrons. The van der Waals surface area contributed by atoms with Gasteiger partial charge in [0, 0.05) is 22.5 Å². The third-order valence-corrected chi connectivity index (χ3v) is 4.43. The van der Waals surface area contributed by atoms with Gasteiger partial charge in [-0.25, -0.2) is 0 Å². The molecule has 1 saturated carbocycles. The zero-order valence-electron chi connectivity index (χ0n) is 11.5. The first kappa shape index (κ1) is 14.7. The summed E-state index contributed by atoms with van der Waals surface area (Å²) < 4.78 is 0.506. The Kier molecular flexibility index (Phi) is 3.94. The maximum Gasteiger partial charge on any atom is 0.270 e. The summed E-state index contributed by atoms with van der Waals surface area (Å²) in [4.78, 5) is 22.5. The highest BCUT2D eigenvalue weighted by molar-refractivity contribution is 9.10. The average Bonchev–Trinajstić information content (AvgIpc) is 3.30. The van der Waals surface area contributed by atoms with E-state index in [9.17, 15) is 14.9 Å². The van der Waals surface area contributed by atoms with E-state index in [0.29, 0.717) is 10.2 Å². The van der Waals surface area contributed by atoms with Gasteiger partial charge in [0.15, 0.2) is 0 Å². The summed E-state index contributed by atoms with van der Waals surface area (Å²) in [6.07, 6.45) is 0.834. The van der Waals surface area contributed by atoms with Crippen LogP contribution in [-0.4, -0.2) is 10.8 Å². The second kappa shape index (κ2) is 5.88. The number of amides is 1. The van der Waals surface area contributed by atoms with Gasteiger partial charge in [-0.3, -0.25) is 14.9 Å². The van der Waals surface area contributed by atoms with Crippen molar-refractivity contribution in [3.8, 4) is 0 Å². The Morgan fingerprint density at radius 2 is 1.95 bits per heavy atom. The number of carbonyl (C=O) groups excluding carboxylic acids is 1. The molecule has 6 heteroatoms. The topological polar surface area (TPSA) is 72.2 Å². The van der Waals surface area contributed by atoms with E-state index in [1.807, 2.05) is 30.3 Å². The number of nitro groups is 1. The first-order valence-corrected chi connectivity index (χ1v) is 7.65. The molecule has 3 rings (SSSR count). The van der Waals surface area contributed by atoms with Crippen molar-refractivity contribution in [2.24, 2.45) is 5.92 Å². The van der Waals surface area contributed by atoms with Crippen molar-refractivity contribution in [3.05, 3.63) is 68.7 Å². The largest absolute Gasteiger partial charge is 0.325 e. The number of benzene rings is 2. The molecule has 5 nitrogen and oxygen atoms in total. The number of hydrogen-bond acceptors (Lipinski definition) is 3. The van der Waals surface area contributed by atoms with Crippen LogP contribution >= 0.6 is 15.9 Å². The molecule has 0 aliphatic heterocycles. The van der Waals surface area contributed by atoms with Crippen LogP contribution in [0.1, 0.15) is 17.9 Å². The molecule has 1 N–H and O–H groups in total. The summed E-state index contributed by atoms with van der Waals surface area (Å²) in [6.45, 7) is 0. The van der Waals surface area contributed by atoms with Gasteiger partial charge in [0.05, 0.1) is 10.6 Å². The van der Waals surface area contributed by atoms with Gasteiger partial charge in [-0.1, -0.05) is 30.3 Å². The zero-order chi connectivity index (χ0) is 15.7. The van der Waals surface area contributed by atoms with Crippen LogP contribution in [-0.2, 0) is 4.79 Å². The molecule has 22 heavy (non-hydrogen) atoms. The molecule has 2 atom stereocenters. The Hall–Kier alpha value is -2.21. The molecule has 0 saturated heterocycles. The third-order valence-electron chi connectivity index (χ3n) is 3.78. The second-order valence-electron chi connectivity index (χ2n) is 5.27. The Morgan fingerprint density at radius 1 is 1.23 bits per heavy atom. The van der Waals surface area contributed by atoms with Gasteiger partial charge in [0.2, 0.25) is 5.91 Å². The van der Waals surface area contributed by atoms with E-state index in [-0.39, 0.29) is 23.4 Å². The number of carbonyl (C=O) groups is 1. The predicted octanol–water partition coefficient (Wildman–Crippen LogP) is 4.10. The number of rotatable bonds is 4. The van der Waals surface area contributed by atoms with Crippen LogP contribution in [0.3, 0.4) is 0 Å². The van der Waals surface area contributed by atoms with E-state index in [4.69, 9.17) is 0 Å². The van der Waals surface area contributed by atoms with Gasteiger partial charge in [-0.2, -0.15) is 0 Å². The van der Waals surface area contributed by atoms with E-state index in [0.717, 1.165) is 6.42 Å². The van der Waals surface area contributed by atoms with Gasteiger partial charge in [0.1, 0.15) is 0 Å². The highest BCUT2D eigenvalue weighted by Crippen LogP contribution is 2.48. The maximum atomic E-state index is 12.3. The molecule has 0 radical (unpaired) electrons. The minimum Gasteiger partial charge on any atom is -0.325 e. The summed E-state index contributed by atoms with van der Waals surface area (Å²) in [7, 11) is 0. The van der Waals surface area contributed by atoms with Crippen molar-refractivity contribution in [2.45, 2.75) is 12.3 Å². The molecule has 2 aromatic rings. The first-order valence-electron chi connectivity index (χ1n) is 6.86. The number of nitrogens with zero attached hydrogens (tertiary/aromatic N) is 1. The molecular formula is C16H13BrN2O3. The van der Waals surface area contributed by atoms with Crippen LogP contribution in [0, 0.1) is 16.0 Å². The van der Waals surface area contributed by atoms with Gasteiger partial charge >= 0.3 is 0 Å². The molecule has 1 aliphatic carbocycles. The smallest absolute Gasteiger partial charge is 0.270 e. The van der Waals surface area contributed by atoms with E-state index in [1.165, 1.54) is 17.7 Å². The number of hydrogen-bond donors (Lipinski definition) is 1. The minimum absolute atomic E-state index is 0.0153. The Balaban J connectivity index is 1.67. The Bertz CT molecular complexity index is 733. The Labute approximate surface area is 135 Å². The lowest BCUT2D eigenvalue weighted by Crippen LogP contribution is -2.15. The minimum atomic E-state index is -0.470. The number of non-ortho nitro benzene ring substituents is 1. The van der Waals surface area contributed by atoms with Crippen molar-refractivity contribution in [2.75, 3.05) is 5.32 Å². The standard InChI is InChI=1S/C16H13BrN2O3/c17-14-8-11(19(21)22)6-7-15(14)18-16(20)13-9-12(13)10-4-2-1-3-5-10/h1-8,12-13H,9H2,(H,18,20). The lowest BCUT2D eigenvalue weighted by atomic mass is 10.1. The quantitative estimate of drug-likeness (QED) is 0.658. The number of anilines is 1. The van der Waals surface area contributed by atoms with Gasteiger partial charge in [-0.05, 0) is 39.9 Å². The fourth-order valence-electron chi connectivity index (χ4n) is 2.50. The van der Waals surface area contributed by atoms with E-state index in [1.54, 1.807) is 6.07 Å². The third kappa shape index (κ3) is 3.01. The highest BCUT2D eigenvalue weighted by Gasteiger charge is 2.43. The van der Waals surface area contributed by atoms with Crippen molar-refractivity contribution in [3.63, 3.8) is 0 Å². The van der Waals surface area contributed by atoms with Crippen LogP contribution in [0.2, 0.25) is 0 Å². The molecule has 1 fully saturated rings. The average molecular weight is 361 g/mol. The predicted molar refractivity (Wildman–Crippen MR) is 86.7 cm³/mol.